The van der Waals surface area contributed by atoms with Gasteiger partial charge < -0.3 is 14.2 Å². The van der Waals surface area contributed by atoms with Gasteiger partial charge in [-0.3, -0.25) is 4.79 Å². The fourth-order valence-corrected chi connectivity index (χ4v) is 2.97. The van der Waals surface area contributed by atoms with Gasteiger partial charge in [0, 0.05) is 13.2 Å². The minimum Gasteiger partial charge on any atom is -0.466 e. The van der Waals surface area contributed by atoms with E-state index in [2.05, 4.69) is 27.7 Å². The zero-order valence-corrected chi connectivity index (χ0v) is 18.8. The maximum absolute atomic E-state index is 11.7. The SMILES string of the molecule is CCOC(=O)CC(OCCCCCCC(C)C)OCCCCCCC(C)C. The quantitative estimate of drug-likeness (QED) is 0.144. The molecule has 0 aromatic rings. The molecular formula is C23H46O4. The fraction of sp³-hybridized carbons (Fsp3) is 0.957. The number of hydrogen-bond acceptors (Lipinski definition) is 4. The van der Waals surface area contributed by atoms with Crippen LogP contribution in [0.15, 0.2) is 0 Å². The van der Waals surface area contributed by atoms with Gasteiger partial charge in [-0.2, -0.15) is 0 Å². The number of carbonyl (C=O) groups is 1. The maximum Gasteiger partial charge on any atom is 0.310 e. The van der Waals surface area contributed by atoms with Crippen molar-refractivity contribution in [1.29, 1.82) is 0 Å². The van der Waals surface area contributed by atoms with Crippen LogP contribution in [0.4, 0.5) is 0 Å². The van der Waals surface area contributed by atoms with Gasteiger partial charge >= 0.3 is 5.97 Å². The Labute approximate surface area is 168 Å². The fourth-order valence-electron chi connectivity index (χ4n) is 2.97. The second-order valence-corrected chi connectivity index (χ2v) is 8.37. The molecule has 0 saturated carbocycles. The maximum atomic E-state index is 11.7. The summed E-state index contributed by atoms with van der Waals surface area (Å²) < 4.78 is 16.7. The molecule has 0 amide bonds. The van der Waals surface area contributed by atoms with Crippen molar-refractivity contribution in [2.24, 2.45) is 11.8 Å². The number of hydrogen-bond donors (Lipinski definition) is 0. The van der Waals surface area contributed by atoms with Crippen LogP contribution in [0.2, 0.25) is 0 Å². The molecule has 0 heterocycles. The molecule has 0 aliphatic rings. The van der Waals surface area contributed by atoms with Gasteiger partial charge in [0.05, 0.1) is 13.0 Å². The Morgan fingerprint density at radius 3 is 1.56 bits per heavy atom. The molecule has 0 aliphatic carbocycles. The lowest BCUT2D eigenvalue weighted by atomic mass is 10.0. The standard InChI is InChI=1S/C23H46O4/c1-6-25-22(24)19-23(26-17-13-9-7-11-15-20(2)3)27-18-14-10-8-12-16-21(4)5/h20-21,23H,6-19H2,1-5H3. The van der Waals surface area contributed by atoms with Crippen LogP contribution in [0.3, 0.4) is 0 Å². The average molecular weight is 387 g/mol. The lowest BCUT2D eigenvalue weighted by molar-refractivity contribution is -0.171. The first kappa shape index (κ1) is 26.4. The highest BCUT2D eigenvalue weighted by Crippen LogP contribution is 2.12. The van der Waals surface area contributed by atoms with E-state index >= 15 is 0 Å². The van der Waals surface area contributed by atoms with Crippen LogP contribution in [0.1, 0.15) is 105 Å². The molecule has 0 unspecified atom stereocenters. The minimum atomic E-state index is -0.463. The zero-order chi connectivity index (χ0) is 20.3. The lowest BCUT2D eigenvalue weighted by Gasteiger charge is -2.18. The molecule has 0 fully saturated rings. The lowest BCUT2D eigenvalue weighted by Crippen LogP contribution is -2.23. The van der Waals surface area contributed by atoms with Gasteiger partial charge in [-0.05, 0) is 31.6 Å². The largest absolute Gasteiger partial charge is 0.466 e. The van der Waals surface area contributed by atoms with Gasteiger partial charge in [-0.1, -0.05) is 79.1 Å². The smallest absolute Gasteiger partial charge is 0.310 e. The summed E-state index contributed by atoms with van der Waals surface area (Å²) in [6.45, 7) is 12.6. The summed E-state index contributed by atoms with van der Waals surface area (Å²) in [7, 11) is 0. The van der Waals surface area contributed by atoms with Gasteiger partial charge in [0.2, 0.25) is 0 Å². The summed E-state index contributed by atoms with van der Waals surface area (Å²) in [6.07, 6.45) is 11.8. The molecule has 162 valence electrons. The van der Waals surface area contributed by atoms with Crippen LogP contribution < -0.4 is 0 Å². The van der Waals surface area contributed by atoms with Crippen molar-refractivity contribution in [2.75, 3.05) is 19.8 Å². The number of carbonyl (C=O) groups excluding carboxylic acids is 1. The summed E-state index contributed by atoms with van der Waals surface area (Å²) in [6, 6.07) is 0. The third-order valence-corrected chi connectivity index (χ3v) is 4.60. The molecule has 0 spiro atoms. The molecule has 0 N–H and O–H groups in total. The van der Waals surface area contributed by atoms with Gasteiger partial charge in [0.15, 0.2) is 6.29 Å². The van der Waals surface area contributed by atoms with Gasteiger partial charge in [0.25, 0.3) is 0 Å². The zero-order valence-electron chi connectivity index (χ0n) is 18.8. The molecule has 0 atom stereocenters. The summed E-state index contributed by atoms with van der Waals surface area (Å²) in [5.41, 5.74) is 0. The molecule has 0 radical (unpaired) electrons. The van der Waals surface area contributed by atoms with E-state index in [0.29, 0.717) is 19.8 Å². The van der Waals surface area contributed by atoms with Crippen molar-refractivity contribution >= 4 is 5.97 Å². The van der Waals surface area contributed by atoms with Gasteiger partial charge in [-0.15, -0.1) is 0 Å². The highest BCUT2D eigenvalue weighted by Gasteiger charge is 2.15. The summed E-state index contributed by atoms with van der Waals surface area (Å²) in [4.78, 5) is 11.7. The van der Waals surface area contributed by atoms with E-state index in [1.807, 2.05) is 6.92 Å². The van der Waals surface area contributed by atoms with Gasteiger partial charge in [-0.25, -0.2) is 0 Å². The van der Waals surface area contributed by atoms with Crippen LogP contribution in [-0.4, -0.2) is 32.1 Å². The highest BCUT2D eigenvalue weighted by molar-refractivity contribution is 5.69. The average Bonchev–Trinajstić information content (AvgIpc) is 2.59. The molecule has 4 heteroatoms. The van der Waals surface area contributed by atoms with Crippen LogP contribution in [0.25, 0.3) is 0 Å². The molecule has 0 bridgehead atoms. The van der Waals surface area contributed by atoms with Crippen LogP contribution in [0, 0.1) is 11.8 Å². The molecule has 4 nitrogen and oxygen atoms in total. The van der Waals surface area contributed by atoms with Gasteiger partial charge in [0.1, 0.15) is 0 Å². The van der Waals surface area contributed by atoms with Crippen molar-refractivity contribution in [3.05, 3.63) is 0 Å². The van der Waals surface area contributed by atoms with E-state index in [9.17, 15) is 4.79 Å². The van der Waals surface area contributed by atoms with E-state index in [4.69, 9.17) is 14.2 Å². The first-order valence-electron chi connectivity index (χ1n) is 11.3. The normalized spacial score (nSPS) is 11.7. The summed E-state index contributed by atoms with van der Waals surface area (Å²) >= 11 is 0. The first-order chi connectivity index (χ1) is 13.0. The van der Waals surface area contributed by atoms with Crippen molar-refractivity contribution in [2.45, 2.75) is 112 Å². The summed E-state index contributed by atoms with van der Waals surface area (Å²) in [5, 5.41) is 0. The highest BCUT2D eigenvalue weighted by atomic mass is 16.7. The van der Waals surface area contributed by atoms with Crippen molar-refractivity contribution in [1.82, 2.24) is 0 Å². The van der Waals surface area contributed by atoms with Crippen LogP contribution in [-0.2, 0) is 19.0 Å². The number of rotatable bonds is 19. The van der Waals surface area contributed by atoms with Crippen molar-refractivity contribution < 1.29 is 19.0 Å². The molecule has 0 aromatic heterocycles. The third-order valence-electron chi connectivity index (χ3n) is 4.60. The minimum absolute atomic E-state index is 0.189. The molecular weight excluding hydrogens is 340 g/mol. The topological polar surface area (TPSA) is 44.8 Å². The second-order valence-electron chi connectivity index (χ2n) is 8.37. The molecule has 0 aromatic carbocycles. The van der Waals surface area contributed by atoms with E-state index in [1.165, 1.54) is 51.4 Å². The molecule has 0 aliphatic heterocycles. The Kier molecular flexibility index (Phi) is 18.3. The number of unbranched alkanes of at least 4 members (excludes halogenated alkanes) is 6. The predicted molar refractivity (Wildman–Crippen MR) is 113 cm³/mol. The monoisotopic (exact) mass is 386 g/mol. The van der Waals surface area contributed by atoms with Crippen molar-refractivity contribution in [3.63, 3.8) is 0 Å². The third kappa shape index (κ3) is 19.9. The molecule has 27 heavy (non-hydrogen) atoms. The van der Waals surface area contributed by atoms with Crippen LogP contribution in [0.5, 0.6) is 0 Å². The molecule has 0 rings (SSSR count). The number of ether oxygens (including phenoxy) is 3. The van der Waals surface area contributed by atoms with E-state index < -0.39 is 6.29 Å². The predicted octanol–water partition coefficient (Wildman–Crippen LogP) is 6.51. The Morgan fingerprint density at radius 1 is 0.704 bits per heavy atom. The Hall–Kier alpha value is -0.610. The Balaban J connectivity index is 3.88. The van der Waals surface area contributed by atoms with E-state index in [1.54, 1.807) is 0 Å². The number of esters is 1. The van der Waals surface area contributed by atoms with Crippen LogP contribution >= 0.6 is 0 Å². The van der Waals surface area contributed by atoms with E-state index in [-0.39, 0.29) is 12.4 Å². The second kappa shape index (κ2) is 18.7. The summed E-state index contributed by atoms with van der Waals surface area (Å²) in [5.74, 6) is 1.33. The first-order valence-corrected chi connectivity index (χ1v) is 11.3. The Bertz CT molecular complexity index is 306. The van der Waals surface area contributed by atoms with Crippen molar-refractivity contribution in [3.8, 4) is 0 Å². The Morgan fingerprint density at radius 2 is 1.15 bits per heavy atom. The molecule has 0 saturated heterocycles. The van der Waals surface area contributed by atoms with E-state index in [0.717, 1.165) is 24.7 Å².